The summed E-state index contributed by atoms with van der Waals surface area (Å²) in [4.78, 5) is 12.6. The fourth-order valence-corrected chi connectivity index (χ4v) is 1.98. The predicted molar refractivity (Wildman–Crippen MR) is 74.9 cm³/mol. The van der Waals surface area contributed by atoms with Gasteiger partial charge in [-0.2, -0.15) is 0 Å². The Morgan fingerprint density at radius 1 is 1.28 bits per heavy atom. The van der Waals surface area contributed by atoms with Crippen LogP contribution in [0.3, 0.4) is 0 Å². The Labute approximate surface area is 110 Å². The van der Waals surface area contributed by atoms with E-state index in [0.29, 0.717) is 0 Å². The van der Waals surface area contributed by atoms with Gasteiger partial charge in [-0.05, 0) is 27.8 Å². The Hall–Kier alpha value is -1.07. The molecule has 0 atom stereocenters. The van der Waals surface area contributed by atoms with Crippen molar-refractivity contribution < 1.29 is 0 Å². The highest BCUT2D eigenvalue weighted by Crippen LogP contribution is 2.12. The first-order valence-electron chi connectivity index (χ1n) is 6.66. The number of nitrogens with zero attached hydrogens (tertiary/aromatic N) is 3. The Balaban J connectivity index is 1.90. The lowest BCUT2D eigenvalue weighted by Gasteiger charge is -2.32. The zero-order valence-corrected chi connectivity index (χ0v) is 12.0. The highest BCUT2D eigenvalue weighted by molar-refractivity contribution is 5.32. The van der Waals surface area contributed by atoms with Gasteiger partial charge in [-0.1, -0.05) is 0 Å². The van der Waals surface area contributed by atoms with E-state index < -0.39 is 0 Å². The van der Waals surface area contributed by atoms with Gasteiger partial charge in [0.05, 0.1) is 11.9 Å². The molecule has 0 aliphatic carbocycles. The normalized spacial score (nSPS) is 18.3. The predicted octanol–water partition coefficient (Wildman–Crippen LogP) is 1.05. The van der Waals surface area contributed by atoms with E-state index in [1.165, 1.54) is 0 Å². The van der Waals surface area contributed by atoms with Crippen LogP contribution in [0, 0.1) is 0 Å². The molecule has 0 spiro atoms. The van der Waals surface area contributed by atoms with Crippen molar-refractivity contribution in [2.75, 3.05) is 38.1 Å². The van der Waals surface area contributed by atoms with E-state index in [-0.39, 0.29) is 5.54 Å². The molecule has 1 fully saturated rings. The van der Waals surface area contributed by atoms with Gasteiger partial charge in [0, 0.05) is 38.3 Å². The highest BCUT2D eigenvalue weighted by atomic mass is 15.3. The summed E-state index contributed by atoms with van der Waals surface area (Å²) >= 11 is 0. The topological polar surface area (TPSA) is 47.2 Å². The summed E-state index contributed by atoms with van der Waals surface area (Å²) in [5.41, 5.74) is 1.29. The van der Waals surface area contributed by atoms with Gasteiger partial charge < -0.3 is 20.1 Å². The van der Waals surface area contributed by atoms with Crippen LogP contribution in [0.5, 0.6) is 0 Å². The Morgan fingerprint density at radius 3 is 2.56 bits per heavy atom. The number of likely N-dealkylation sites (N-methyl/N-ethyl adjacent to an activating group) is 1. The van der Waals surface area contributed by atoms with Gasteiger partial charge in [-0.15, -0.1) is 0 Å². The maximum absolute atomic E-state index is 4.48. The summed E-state index contributed by atoms with van der Waals surface area (Å²) in [6, 6.07) is 0. The van der Waals surface area contributed by atoms with E-state index in [9.17, 15) is 0 Å². The van der Waals surface area contributed by atoms with Crippen molar-refractivity contribution >= 4 is 5.95 Å². The van der Waals surface area contributed by atoms with Crippen LogP contribution in [-0.2, 0) is 6.54 Å². The number of hydrogen-bond acceptors (Lipinski definition) is 4. The van der Waals surface area contributed by atoms with E-state index in [1.807, 2.05) is 6.20 Å². The fourth-order valence-electron chi connectivity index (χ4n) is 1.98. The van der Waals surface area contributed by atoms with Gasteiger partial charge in [-0.3, -0.25) is 0 Å². The summed E-state index contributed by atoms with van der Waals surface area (Å²) in [7, 11) is 2.16. The molecule has 5 heteroatoms. The first-order chi connectivity index (χ1) is 8.44. The average molecular weight is 251 g/mol. The van der Waals surface area contributed by atoms with Crippen molar-refractivity contribution in [2.24, 2.45) is 0 Å². The molecule has 2 heterocycles. The summed E-state index contributed by atoms with van der Waals surface area (Å²) in [5.74, 6) is 1.01. The summed E-state index contributed by atoms with van der Waals surface area (Å²) in [6.07, 6.45) is 1.94. The van der Waals surface area contributed by atoms with E-state index in [2.05, 4.69) is 52.9 Å². The maximum atomic E-state index is 4.48. The van der Waals surface area contributed by atoms with Crippen molar-refractivity contribution in [2.45, 2.75) is 32.9 Å². The number of piperazine rings is 1. The number of rotatable bonds is 3. The SMILES string of the molecule is CN1CCN(c2ncc(CNC(C)(C)C)[nH]2)CC1. The minimum Gasteiger partial charge on any atom is -0.340 e. The largest absolute Gasteiger partial charge is 0.340 e. The molecule has 1 aliphatic rings. The highest BCUT2D eigenvalue weighted by Gasteiger charge is 2.17. The molecule has 0 bridgehead atoms. The molecule has 1 saturated heterocycles. The van der Waals surface area contributed by atoms with Crippen LogP contribution < -0.4 is 10.2 Å². The fraction of sp³-hybridized carbons (Fsp3) is 0.769. The average Bonchev–Trinajstić information content (AvgIpc) is 2.75. The minimum absolute atomic E-state index is 0.138. The van der Waals surface area contributed by atoms with Gasteiger partial charge in [0.1, 0.15) is 0 Å². The molecule has 0 unspecified atom stereocenters. The molecule has 1 aliphatic heterocycles. The molecule has 0 saturated carbocycles. The molecule has 0 radical (unpaired) electrons. The molecule has 18 heavy (non-hydrogen) atoms. The second-order valence-electron chi connectivity index (χ2n) is 6.13. The number of imidazole rings is 1. The van der Waals surface area contributed by atoms with Crippen LogP contribution in [0.15, 0.2) is 6.20 Å². The van der Waals surface area contributed by atoms with Gasteiger partial charge in [-0.25, -0.2) is 4.98 Å². The van der Waals surface area contributed by atoms with Crippen molar-refractivity contribution in [3.8, 4) is 0 Å². The molecule has 0 aromatic carbocycles. The molecule has 2 rings (SSSR count). The smallest absolute Gasteiger partial charge is 0.203 e. The summed E-state index contributed by atoms with van der Waals surface area (Å²) < 4.78 is 0. The van der Waals surface area contributed by atoms with E-state index in [4.69, 9.17) is 0 Å². The van der Waals surface area contributed by atoms with Crippen LogP contribution in [0.2, 0.25) is 0 Å². The van der Waals surface area contributed by atoms with Crippen LogP contribution in [0.4, 0.5) is 5.95 Å². The van der Waals surface area contributed by atoms with Crippen LogP contribution in [0.1, 0.15) is 26.5 Å². The third-order valence-electron chi connectivity index (χ3n) is 3.23. The second kappa shape index (κ2) is 5.28. The molecular formula is C13H25N5. The van der Waals surface area contributed by atoms with Gasteiger partial charge in [0.25, 0.3) is 0 Å². The Morgan fingerprint density at radius 2 is 1.94 bits per heavy atom. The van der Waals surface area contributed by atoms with E-state index in [1.54, 1.807) is 0 Å². The number of anilines is 1. The molecule has 0 amide bonds. The maximum Gasteiger partial charge on any atom is 0.203 e. The molecule has 5 nitrogen and oxygen atoms in total. The standard InChI is InChI=1S/C13H25N5/c1-13(2,3)15-10-11-9-14-12(16-11)18-7-5-17(4)6-8-18/h9,15H,5-8,10H2,1-4H3,(H,14,16). The van der Waals surface area contributed by atoms with Gasteiger partial charge in [0.2, 0.25) is 5.95 Å². The summed E-state index contributed by atoms with van der Waals surface area (Å²) in [5, 5.41) is 3.46. The molecule has 102 valence electrons. The van der Waals surface area contributed by atoms with E-state index in [0.717, 1.165) is 44.4 Å². The first-order valence-corrected chi connectivity index (χ1v) is 6.66. The number of H-pyrrole nitrogens is 1. The number of aromatic nitrogens is 2. The van der Waals surface area contributed by atoms with Gasteiger partial charge >= 0.3 is 0 Å². The third kappa shape index (κ3) is 3.71. The molecular weight excluding hydrogens is 226 g/mol. The van der Waals surface area contributed by atoms with Crippen molar-refractivity contribution in [1.29, 1.82) is 0 Å². The summed E-state index contributed by atoms with van der Waals surface area (Å²) in [6.45, 7) is 11.7. The second-order valence-corrected chi connectivity index (χ2v) is 6.13. The molecule has 1 aromatic rings. The van der Waals surface area contributed by atoms with Crippen molar-refractivity contribution in [1.82, 2.24) is 20.2 Å². The number of hydrogen-bond donors (Lipinski definition) is 2. The lowest BCUT2D eigenvalue weighted by Crippen LogP contribution is -2.45. The monoisotopic (exact) mass is 251 g/mol. The minimum atomic E-state index is 0.138. The third-order valence-corrected chi connectivity index (χ3v) is 3.23. The van der Waals surface area contributed by atoms with Crippen molar-refractivity contribution in [3.63, 3.8) is 0 Å². The Bertz CT molecular complexity index is 371. The first kappa shape index (κ1) is 13.4. The molecule has 1 aromatic heterocycles. The van der Waals surface area contributed by atoms with Crippen LogP contribution in [0.25, 0.3) is 0 Å². The number of nitrogens with one attached hydrogen (secondary N) is 2. The lowest BCUT2D eigenvalue weighted by molar-refractivity contribution is 0.311. The van der Waals surface area contributed by atoms with Crippen molar-refractivity contribution in [3.05, 3.63) is 11.9 Å². The van der Waals surface area contributed by atoms with Crippen LogP contribution in [-0.4, -0.2) is 53.6 Å². The lowest BCUT2D eigenvalue weighted by atomic mass is 10.1. The van der Waals surface area contributed by atoms with E-state index >= 15 is 0 Å². The molecule has 2 N–H and O–H groups in total. The van der Waals surface area contributed by atoms with Crippen LogP contribution >= 0.6 is 0 Å². The zero-order valence-electron chi connectivity index (χ0n) is 12.0. The number of aromatic amines is 1. The quantitative estimate of drug-likeness (QED) is 0.843. The Kier molecular flexibility index (Phi) is 3.92. The zero-order chi connectivity index (χ0) is 13.2. The van der Waals surface area contributed by atoms with Gasteiger partial charge in [0.15, 0.2) is 0 Å².